The Morgan fingerprint density at radius 2 is 0.978 bits per heavy atom. The quantitative estimate of drug-likeness (QED) is 0.0281. The molecule has 11 heteroatoms. The molecule has 0 bridgehead atoms. The minimum Gasteiger partial charge on any atom is -0.457 e. The Labute approximate surface area is 272 Å². The van der Waals surface area contributed by atoms with Crippen LogP contribution in [-0.4, -0.2) is 65.7 Å². The lowest BCUT2D eigenvalue weighted by Crippen LogP contribution is -2.28. The number of ether oxygens (including phenoxy) is 2. The predicted octanol–water partition coefficient (Wildman–Crippen LogP) is 7.88. The third-order valence-electron chi connectivity index (χ3n) is 7.17. The number of carbonyl (C=O) groups is 2. The van der Waals surface area contributed by atoms with Crippen LogP contribution in [0.1, 0.15) is 142 Å². The van der Waals surface area contributed by atoms with Crippen LogP contribution in [-0.2, 0) is 32.7 Å². The largest absolute Gasteiger partial charge is 0.472 e. The summed E-state index contributed by atoms with van der Waals surface area (Å²) in [6, 6.07) is 0. The zero-order chi connectivity index (χ0) is 33.4. The van der Waals surface area contributed by atoms with Crippen LogP contribution < -0.4 is 0 Å². The minimum atomic E-state index is -4.61. The number of carbonyl (C=O) groups excluding carboxylic acids is 2. The highest BCUT2D eigenvalue weighted by atomic mass is 31.2. The zero-order valence-electron chi connectivity index (χ0n) is 28.1. The molecule has 0 saturated carbocycles. The van der Waals surface area contributed by atoms with E-state index in [1.54, 1.807) is 0 Å². The van der Waals surface area contributed by atoms with Crippen molar-refractivity contribution in [3.8, 4) is 0 Å². The van der Waals surface area contributed by atoms with Crippen molar-refractivity contribution in [3.05, 3.63) is 24.3 Å². The second-order valence-corrected chi connectivity index (χ2v) is 13.0. The van der Waals surface area contributed by atoms with Crippen LogP contribution in [0.15, 0.2) is 24.3 Å². The number of phosphoric ester groups is 1. The fourth-order valence-electron chi connectivity index (χ4n) is 4.44. The lowest BCUT2D eigenvalue weighted by molar-refractivity contribution is -0.153. The number of hydrogen-bond acceptors (Lipinski definition) is 9. The summed E-state index contributed by atoms with van der Waals surface area (Å²) in [5.41, 5.74) is 0. The normalized spacial score (nSPS) is 14.5. The Bertz CT molecular complexity index is 817. The van der Waals surface area contributed by atoms with Crippen molar-refractivity contribution in [3.63, 3.8) is 0 Å². The Morgan fingerprint density at radius 3 is 1.42 bits per heavy atom. The van der Waals surface area contributed by atoms with Gasteiger partial charge >= 0.3 is 19.8 Å². The van der Waals surface area contributed by atoms with E-state index in [1.165, 1.54) is 44.9 Å². The number of aliphatic hydroxyl groups excluding tert-OH is 2. The van der Waals surface area contributed by atoms with Crippen molar-refractivity contribution >= 4 is 19.8 Å². The molecule has 0 aromatic heterocycles. The van der Waals surface area contributed by atoms with Crippen molar-refractivity contribution in [2.45, 2.75) is 154 Å². The number of unbranched alkanes of at least 4 members (excludes halogenated alkanes) is 14. The van der Waals surface area contributed by atoms with Crippen molar-refractivity contribution in [2.75, 3.05) is 26.4 Å². The van der Waals surface area contributed by atoms with Crippen molar-refractivity contribution in [1.82, 2.24) is 0 Å². The van der Waals surface area contributed by atoms with Crippen LogP contribution in [0.4, 0.5) is 0 Å². The van der Waals surface area contributed by atoms with Gasteiger partial charge in [0.25, 0.3) is 0 Å². The molecule has 0 rings (SSSR count). The summed E-state index contributed by atoms with van der Waals surface area (Å²) in [4.78, 5) is 34.0. The molecule has 10 nitrogen and oxygen atoms in total. The van der Waals surface area contributed by atoms with E-state index in [4.69, 9.17) is 18.5 Å². The number of aliphatic hydroxyl groups is 2. The number of rotatable bonds is 32. The summed E-state index contributed by atoms with van der Waals surface area (Å²) in [6.45, 7) is 2.03. The zero-order valence-corrected chi connectivity index (χ0v) is 29.0. The van der Waals surface area contributed by atoms with Gasteiger partial charge in [0.1, 0.15) is 12.2 Å². The average molecular weight is 663 g/mol. The van der Waals surface area contributed by atoms with Crippen molar-refractivity contribution in [1.29, 1.82) is 0 Å². The van der Waals surface area contributed by atoms with E-state index in [9.17, 15) is 29.3 Å². The average Bonchev–Trinajstić information content (AvgIpc) is 3.02. The Balaban J connectivity index is 3.96. The molecule has 3 atom stereocenters. The monoisotopic (exact) mass is 662 g/mol. The molecule has 264 valence electrons. The molecular weight excluding hydrogens is 599 g/mol. The van der Waals surface area contributed by atoms with E-state index in [2.05, 4.69) is 38.2 Å². The number of esters is 2. The fraction of sp³-hybridized carbons (Fsp3) is 0.824. The first kappa shape index (κ1) is 43.5. The molecule has 45 heavy (non-hydrogen) atoms. The van der Waals surface area contributed by atoms with Crippen LogP contribution in [0.2, 0.25) is 0 Å². The molecule has 3 unspecified atom stereocenters. The van der Waals surface area contributed by atoms with Gasteiger partial charge < -0.3 is 24.6 Å². The predicted molar refractivity (Wildman–Crippen MR) is 178 cm³/mol. The smallest absolute Gasteiger partial charge is 0.457 e. The first-order valence-electron chi connectivity index (χ1n) is 17.3. The highest BCUT2D eigenvalue weighted by Gasteiger charge is 2.27. The molecule has 0 radical (unpaired) electrons. The molecule has 0 amide bonds. The van der Waals surface area contributed by atoms with Gasteiger partial charge in [0, 0.05) is 12.8 Å². The molecule has 0 aromatic rings. The van der Waals surface area contributed by atoms with Gasteiger partial charge in [0.05, 0.1) is 26.4 Å². The van der Waals surface area contributed by atoms with E-state index in [-0.39, 0.29) is 12.8 Å². The summed E-state index contributed by atoms with van der Waals surface area (Å²) in [7, 11) is -4.61. The third kappa shape index (κ3) is 29.6. The first-order chi connectivity index (χ1) is 21.8. The highest BCUT2D eigenvalue weighted by molar-refractivity contribution is 7.47. The standard InChI is InChI=1S/C34H63O10P/c1-3-5-7-9-10-11-12-13-14-15-16-17-18-19-20-22-24-26-34(38)44-32(28-36)30-42-45(39,40)41-29-31(27-35)43-33(37)25-23-21-8-6-4-2/h10-11,13-14,31-32,35-36H,3-9,12,15-30H2,1-2H3,(H,39,40)/b11-10-,14-13-. The highest BCUT2D eigenvalue weighted by Crippen LogP contribution is 2.43. The molecule has 0 fully saturated rings. The van der Waals surface area contributed by atoms with Gasteiger partial charge in [-0.2, -0.15) is 0 Å². The van der Waals surface area contributed by atoms with Crippen LogP contribution >= 0.6 is 7.82 Å². The molecule has 0 saturated heterocycles. The number of hydrogen-bond donors (Lipinski definition) is 3. The summed E-state index contributed by atoms with van der Waals surface area (Å²) in [5.74, 6) is -1.04. The maximum Gasteiger partial charge on any atom is 0.472 e. The molecule has 0 aromatic carbocycles. The molecular formula is C34H63O10P. The Hall–Kier alpha value is -1.55. The topological polar surface area (TPSA) is 149 Å². The fourth-order valence-corrected chi connectivity index (χ4v) is 5.22. The number of allylic oxidation sites excluding steroid dienone is 4. The first-order valence-corrected chi connectivity index (χ1v) is 18.8. The second-order valence-electron chi connectivity index (χ2n) is 11.5. The Kier molecular flexibility index (Phi) is 30.0. The molecule has 0 aliphatic heterocycles. The summed E-state index contributed by atoms with van der Waals surface area (Å²) in [5, 5.41) is 18.9. The van der Waals surface area contributed by atoms with E-state index in [0.717, 1.165) is 57.8 Å². The van der Waals surface area contributed by atoms with Gasteiger partial charge in [-0.05, 0) is 44.9 Å². The maximum atomic E-state index is 12.2. The van der Waals surface area contributed by atoms with Gasteiger partial charge in [-0.3, -0.25) is 18.6 Å². The van der Waals surface area contributed by atoms with Gasteiger partial charge in [-0.15, -0.1) is 0 Å². The Morgan fingerprint density at radius 1 is 0.600 bits per heavy atom. The minimum absolute atomic E-state index is 0.184. The summed E-state index contributed by atoms with van der Waals surface area (Å²) >= 11 is 0. The lowest BCUT2D eigenvalue weighted by Gasteiger charge is -2.20. The molecule has 0 heterocycles. The lowest BCUT2D eigenvalue weighted by atomic mass is 10.1. The number of phosphoric acid groups is 1. The van der Waals surface area contributed by atoms with Gasteiger partial charge in [0.2, 0.25) is 0 Å². The summed E-state index contributed by atoms with van der Waals surface area (Å²) in [6.07, 6.45) is 26.4. The van der Waals surface area contributed by atoms with Crippen LogP contribution in [0.25, 0.3) is 0 Å². The van der Waals surface area contributed by atoms with E-state index >= 15 is 0 Å². The third-order valence-corrected chi connectivity index (χ3v) is 8.12. The maximum absolute atomic E-state index is 12.2. The second kappa shape index (κ2) is 31.1. The molecule has 0 spiro atoms. The molecule has 0 aliphatic carbocycles. The van der Waals surface area contributed by atoms with Gasteiger partial charge in [-0.25, -0.2) is 4.57 Å². The molecule has 0 aliphatic rings. The van der Waals surface area contributed by atoms with E-state index in [1.807, 2.05) is 0 Å². The van der Waals surface area contributed by atoms with Crippen LogP contribution in [0, 0.1) is 0 Å². The van der Waals surface area contributed by atoms with Gasteiger partial charge in [0.15, 0.2) is 0 Å². The van der Waals surface area contributed by atoms with Crippen molar-refractivity contribution < 1.29 is 47.8 Å². The van der Waals surface area contributed by atoms with E-state index < -0.39 is 58.4 Å². The van der Waals surface area contributed by atoms with Crippen molar-refractivity contribution in [2.24, 2.45) is 0 Å². The molecule has 3 N–H and O–H groups in total. The van der Waals surface area contributed by atoms with E-state index in [0.29, 0.717) is 12.8 Å². The van der Waals surface area contributed by atoms with Crippen LogP contribution in [0.5, 0.6) is 0 Å². The van der Waals surface area contributed by atoms with Gasteiger partial charge in [-0.1, -0.05) is 109 Å². The SMILES string of the molecule is CCCCC/C=C\C/C=C\CCCCCCCCCC(=O)OC(CO)COP(=O)(O)OCC(CO)OC(=O)CCCCCCC. The summed E-state index contributed by atoms with van der Waals surface area (Å²) < 4.78 is 32.1. The van der Waals surface area contributed by atoms with Crippen LogP contribution in [0.3, 0.4) is 0 Å².